The quantitative estimate of drug-likeness (QED) is 0.750. The lowest BCUT2D eigenvalue weighted by Crippen LogP contribution is -2.21. The van der Waals surface area contributed by atoms with Crippen molar-refractivity contribution in [3.05, 3.63) is 29.8 Å². The van der Waals surface area contributed by atoms with E-state index in [1.54, 1.807) is 11.8 Å². The molecule has 0 saturated heterocycles. The molecule has 0 bridgehead atoms. The maximum absolute atomic E-state index is 9.53. The van der Waals surface area contributed by atoms with Gasteiger partial charge in [-0.05, 0) is 32.9 Å². The Labute approximate surface area is 84.2 Å². The molecule has 0 radical (unpaired) electrons. The summed E-state index contributed by atoms with van der Waals surface area (Å²) >= 11 is 1.69. The third kappa shape index (κ3) is 4.34. The van der Waals surface area contributed by atoms with Gasteiger partial charge in [0.1, 0.15) is 0 Å². The summed E-state index contributed by atoms with van der Waals surface area (Å²) in [5, 5.41) is 9.53. The van der Waals surface area contributed by atoms with E-state index in [-0.39, 0.29) is 0 Å². The summed E-state index contributed by atoms with van der Waals surface area (Å²) in [7, 11) is 0. The third-order valence-corrected chi connectivity index (χ3v) is 3.02. The lowest BCUT2D eigenvalue weighted by atomic mass is 10.2. The van der Waals surface area contributed by atoms with E-state index in [9.17, 15) is 5.11 Å². The highest BCUT2D eigenvalue weighted by molar-refractivity contribution is 7.99. The molecule has 72 valence electrons. The van der Waals surface area contributed by atoms with E-state index in [1.807, 2.05) is 19.9 Å². The lowest BCUT2D eigenvalue weighted by Gasteiger charge is -2.16. The summed E-state index contributed by atoms with van der Waals surface area (Å²) in [5.74, 6) is 0.733. The van der Waals surface area contributed by atoms with Gasteiger partial charge in [-0.25, -0.2) is 0 Å². The molecular weight excluding hydrogens is 180 g/mol. The van der Waals surface area contributed by atoms with Gasteiger partial charge < -0.3 is 5.11 Å². The van der Waals surface area contributed by atoms with Crippen LogP contribution in [0.1, 0.15) is 19.4 Å². The zero-order valence-electron chi connectivity index (χ0n) is 8.37. The molecule has 0 amide bonds. The Morgan fingerprint density at radius 2 is 2.08 bits per heavy atom. The van der Waals surface area contributed by atoms with E-state index < -0.39 is 5.60 Å². The fourth-order valence-electron chi connectivity index (χ4n) is 0.965. The molecule has 13 heavy (non-hydrogen) atoms. The average molecular weight is 196 g/mol. The largest absolute Gasteiger partial charge is 0.390 e. The van der Waals surface area contributed by atoms with Crippen molar-refractivity contribution in [2.45, 2.75) is 31.3 Å². The summed E-state index contributed by atoms with van der Waals surface area (Å²) in [6.45, 7) is 5.74. The van der Waals surface area contributed by atoms with Gasteiger partial charge in [-0.3, -0.25) is 0 Å². The molecule has 0 aliphatic heterocycles. The van der Waals surface area contributed by atoms with Crippen LogP contribution in [-0.2, 0) is 0 Å². The Morgan fingerprint density at radius 3 is 2.62 bits per heavy atom. The Morgan fingerprint density at radius 1 is 1.38 bits per heavy atom. The molecule has 1 aromatic rings. The lowest BCUT2D eigenvalue weighted by molar-refractivity contribution is 0.107. The predicted molar refractivity (Wildman–Crippen MR) is 58.2 cm³/mol. The molecule has 0 spiro atoms. The molecule has 0 aliphatic carbocycles. The second-order valence-corrected chi connectivity index (χ2v) is 4.97. The van der Waals surface area contributed by atoms with Gasteiger partial charge in [-0.1, -0.05) is 17.7 Å². The van der Waals surface area contributed by atoms with E-state index in [0.717, 1.165) is 5.75 Å². The molecular formula is C11H16OS. The Bertz CT molecular complexity index is 276. The first-order valence-corrected chi connectivity index (χ1v) is 5.38. The van der Waals surface area contributed by atoms with Gasteiger partial charge in [-0.2, -0.15) is 0 Å². The van der Waals surface area contributed by atoms with Crippen LogP contribution in [0.25, 0.3) is 0 Å². The third-order valence-electron chi connectivity index (χ3n) is 1.58. The first-order valence-electron chi connectivity index (χ1n) is 4.39. The highest BCUT2D eigenvalue weighted by Gasteiger charge is 2.12. The standard InChI is InChI=1S/C11H16OS/c1-9-5-4-6-10(7-9)13-8-11(2,3)12/h4-7,12H,8H2,1-3H3. The van der Waals surface area contributed by atoms with E-state index in [4.69, 9.17) is 0 Å². The predicted octanol–water partition coefficient (Wildman–Crippen LogP) is 2.86. The minimum absolute atomic E-state index is 0.589. The summed E-state index contributed by atoms with van der Waals surface area (Å²) in [6, 6.07) is 8.33. The summed E-state index contributed by atoms with van der Waals surface area (Å²) in [6.07, 6.45) is 0. The molecule has 0 aliphatic rings. The van der Waals surface area contributed by atoms with Crippen LogP contribution in [0.3, 0.4) is 0 Å². The van der Waals surface area contributed by atoms with Crippen molar-refractivity contribution in [1.29, 1.82) is 0 Å². The summed E-state index contributed by atoms with van der Waals surface area (Å²) in [4.78, 5) is 1.22. The van der Waals surface area contributed by atoms with Gasteiger partial charge in [0.2, 0.25) is 0 Å². The van der Waals surface area contributed by atoms with Crippen molar-refractivity contribution in [2.75, 3.05) is 5.75 Å². The molecule has 0 atom stereocenters. The Hall–Kier alpha value is -0.470. The number of rotatable bonds is 3. The van der Waals surface area contributed by atoms with Gasteiger partial charge in [-0.15, -0.1) is 11.8 Å². The van der Waals surface area contributed by atoms with Crippen LogP contribution in [0.2, 0.25) is 0 Å². The number of hydrogen-bond donors (Lipinski definition) is 1. The topological polar surface area (TPSA) is 20.2 Å². The maximum atomic E-state index is 9.53. The van der Waals surface area contributed by atoms with E-state index >= 15 is 0 Å². The highest BCUT2D eigenvalue weighted by Crippen LogP contribution is 2.22. The first kappa shape index (κ1) is 10.6. The van der Waals surface area contributed by atoms with Crippen LogP contribution >= 0.6 is 11.8 Å². The van der Waals surface area contributed by atoms with Gasteiger partial charge in [0.25, 0.3) is 0 Å². The number of benzene rings is 1. The summed E-state index contributed by atoms with van der Waals surface area (Å²) < 4.78 is 0. The second kappa shape index (κ2) is 4.16. The molecule has 0 heterocycles. The Kier molecular flexibility index (Phi) is 3.40. The van der Waals surface area contributed by atoms with Crippen LogP contribution in [0.4, 0.5) is 0 Å². The number of aryl methyl sites for hydroxylation is 1. The van der Waals surface area contributed by atoms with Crippen LogP contribution in [0.5, 0.6) is 0 Å². The van der Waals surface area contributed by atoms with Crippen molar-refractivity contribution in [3.63, 3.8) is 0 Å². The average Bonchev–Trinajstić information content (AvgIpc) is 2.00. The van der Waals surface area contributed by atoms with Crippen LogP contribution in [0.15, 0.2) is 29.2 Å². The fourth-order valence-corrected chi connectivity index (χ4v) is 1.93. The van der Waals surface area contributed by atoms with Crippen molar-refractivity contribution < 1.29 is 5.11 Å². The molecule has 0 fully saturated rings. The monoisotopic (exact) mass is 196 g/mol. The smallest absolute Gasteiger partial charge is 0.0685 e. The van der Waals surface area contributed by atoms with Gasteiger partial charge in [0.05, 0.1) is 5.60 Å². The van der Waals surface area contributed by atoms with Gasteiger partial charge in [0.15, 0.2) is 0 Å². The maximum Gasteiger partial charge on any atom is 0.0685 e. The molecule has 0 saturated carbocycles. The van der Waals surface area contributed by atoms with Crippen molar-refractivity contribution in [2.24, 2.45) is 0 Å². The zero-order chi connectivity index (χ0) is 9.90. The van der Waals surface area contributed by atoms with E-state index in [1.165, 1.54) is 10.5 Å². The van der Waals surface area contributed by atoms with Crippen molar-refractivity contribution in [3.8, 4) is 0 Å². The fraction of sp³-hybridized carbons (Fsp3) is 0.455. The number of hydrogen-bond acceptors (Lipinski definition) is 2. The molecule has 1 nitrogen and oxygen atoms in total. The molecule has 0 unspecified atom stereocenters. The Balaban J connectivity index is 2.55. The minimum Gasteiger partial charge on any atom is -0.390 e. The van der Waals surface area contributed by atoms with E-state index in [2.05, 4.69) is 25.1 Å². The zero-order valence-corrected chi connectivity index (χ0v) is 9.19. The van der Waals surface area contributed by atoms with Crippen molar-refractivity contribution in [1.82, 2.24) is 0 Å². The van der Waals surface area contributed by atoms with Crippen LogP contribution < -0.4 is 0 Å². The van der Waals surface area contributed by atoms with Crippen molar-refractivity contribution >= 4 is 11.8 Å². The molecule has 2 heteroatoms. The summed E-state index contributed by atoms with van der Waals surface area (Å²) in [5.41, 5.74) is 0.676. The molecule has 1 N–H and O–H groups in total. The SMILES string of the molecule is Cc1cccc(SCC(C)(C)O)c1. The number of thioether (sulfide) groups is 1. The normalized spacial score (nSPS) is 11.7. The number of aliphatic hydroxyl groups is 1. The first-order chi connectivity index (χ1) is 5.97. The molecule has 1 aromatic carbocycles. The van der Waals surface area contributed by atoms with Gasteiger partial charge >= 0.3 is 0 Å². The van der Waals surface area contributed by atoms with E-state index in [0.29, 0.717) is 0 Å². The highest BCUT2D eigenvalue weighted by atomic mass is 32.2. The van der Waals surface area contributed by atoms with Crippen LogP contribution in [0, 0.1) is 6.92 Å². The second-order valence-electron chi connectivity index (χ2n) is 3.92. The minimum atomic E-state index is -0.589. The molecule has 1 rings (SSSR count). The van der Waals surface area contributed by atoms with Gasteiger partial charge in [0, 0.05) is 10.6 Å². The molecule has 0 aromatic heterocycles. The van der Waals surface area contributed by atoms with Crippen LogP contribution in [-0.4, -0.2) is 16.5 Å².